The van der Waals surface area contributed by atoms with Crippen LogP contribution in [0.4, 0.5) is 0 Å². The summed E-state index contributed by atoms with van der Waals surface area (Å²) >= 11 is 0. The standard InChI is InChI=1S/C15H20O2S/c1-4-11(2)5-7-13-10-18(16,17)15-9-12(3)6-8-14(13)15/h5,7,9-11H,4,6,8H2,1-3H3/b7-5-. The van der Waals surface area contributed by atoms with Gasteiger partial charge in [0.2, 0.25) is 9.84 Å². The summed E-state index contributed by atoms with van der Waals surface area (Å²) in [6.07, 6.45) is 8.78. The molecule has 0 spiro atoms. The van der Waals surface area contributed by atoms with Crippen molar-refractivity contribution in [3.05, 3.63) is 45.3 Å². The summed E-state index contributed by atoms with van der Waals surface area (Å²) in [4.78, 5) is 0.523. The molecule has 1 heterocycles. The Hall–Kier alpha value is -1.09. The van der Waals surface area contributed by atoms with Gasteiger partial charge in [-0.1, -0.05) is 38.0 Å². The molecule has 0 aromatic rings. The van der Waals surface area contributed by atoms with Crippen LogP contribution >= 0.6 is 0 Å². The van der Waals surface area contributed by atoms with Crippen molar-refractivity contribution in [3.63, 3.8) is 0 Å². The van der Waals surface area contributed by atoms with E-state index in [4.69, 9.17) is 0 Å². The molecule has 0 saturated heterocycles. The van der Waals surface area contributed by atoms with Gasteiger partial charge in [0.05, 0.1) is 4.91 Å². The molecule has 1 aliphatic heterocycles. The van der Waals surface area contributed by atoms with E-state index in [2.05, 4.69) is 19.9 Å². The zero-order valence-electron chi connectivity index (χ0n) is 11.2. The van der Waals surface area contributed by atoms with Crippen molar-refractivity contribution >= 4 is 9.84 Å². The molecule has 0 fully saturated rings. The second kappa shape index (κ2) is 4.88. The average Bonchev–Trinajstić information content (AvgIpc) is 2.58. The van der Waals surface area contributed by atoms with Gasteiger partial charge in [-0.15, -0.1) is 0 Å². The van der Waals surface area contributed by atoms with Gasteiger partial charge < -0.3 is 0 Å². The van der Waals surface area contributed by atoms with E-state index in [1.54, 1.807) is 0 Å². The smallest absolute Gasteiger partial charge is 0.200 e. The maximum absolute atomic E-state index is 12.1. The molecular formula is C15H20O2S. The van der Waals surface area contributed by atoms with Crippen LogP contribution in [0.2, 0.25) is 0 Å². The average molecular weight is 264 g/mol. The second-order valence-corrected chi connectivity index (χ2v) is 6.96. The highest BCUT2D eigenvalue weighted by molar-refractivity contribution is 7.98. The van der Waals surface area contributed by atoms with Crippen LogP contribution in [0.1, 0.15) is 40.0 Å². The van der Waals surface area contributed by atoms with Crippen LogP contribution in [0.15, 0.2) is 45.3 Å². The molecule has 0 saturated carbocycles. The molecule has 0 radical (unpaired) electrons. The third-order valence-corrected chi connectivity index (χ3v) is 5.17. The monoisotopic (exact) mass is 264 g/mol. The Labute approximate surface area is 110 Å². The molecule has 0 amide bonds. The molecule has 3 heteroatoms. The summed E-state index contributed by atoms with van der Waals surface area (Å²) < 4.78 is 24.1. The second-order valence-electron chi connectivity index (χ2n) is 5.20. The van der Waals surface area contributed by atoms with Gasteiger partial charge in [-0.3, -0.25) is 0 Å². The zero-order chi connectivity index (χ0) is 13.3. The quantitative estimate of drug-likeness (QED) is 0.775. The highest BCUT2D eigenvalue weighted by Gasteiger charge is 2.29. The van der Waals surface area contributed by atoms with E-state index in [-0.39, 0.29) is 0 Å². The Morgan fingerprint density at radius 1 is 1.39 bits per heavy atom. The third-order valence-electron chi connectivity index (χ3n) is 3.63. The van der Waals surface area contributed by atoms with E-state index in [1.165, 1.54) is 5.41 Å². The lowest BCUT2D eigenvalue weighted by Gasteiger charge is -2.13. The van der Waals surface area contributed by atoms with E-state index in [0.717, 1.165) is 36.0 Å². The van der Waals surface area contributed by atoms with Crippen LogP contribution in [0.25, 0.3) is 0 Å². The van der Waals surface area contributed by atoms with Crippen LogP contribution in [0.5, 0.6) is 0 Å². The molecule has 2 nitrogen and oxygen atoms in total. The SMILES string of the molecule is CCC(C)/C=C\C1=CS(=O)(=O)C2=C1CCC(C)=C2. The van der Waals surface area contributed by atoms with Gasteiger partial charge >= 0.3 is 0 Å². The minimum absolute atomic E-state index is 0.485. The molecule has 1 unspecified atom stereocenters. The van der Waals surface area contributed by atoms with Crippen molar-refractivity contribution in [3.8, 4) is 0 Å². The molecule has 0 aromatic heterocycles. The van der Waals surface area contributed by atoms with Gasteiger partial charge in [-0.05, 0) is 42.9 Å². The van der Waals surface area contributed by atoms with Gasteiger partial charge in [0.15, 0.2) is 0 Å². The summed E-state index contributed by atoms with van der Waals surface area (Å²) in [5, 5.41) is 1.42. The first kappa shape index (κ1) is 13.3. The first-order valence-corrected chi connectivity index (χ1v) is 8.04. The largest absolute Gasteiger partial charge is 0.219 e. The minimum Gasteiger partial charge on any atom is -0.219 e. The van der Waals surface area contributed by atoms with Crippen molar-refractivity contribution in [1.82, 2.24) is 0 Å². The molecule has 1 atom stereocenters. The fourth-order valence-corrected chi connectivity index (χ4v) is 3.83. The minimum atomic E-state index is -3.19. The Bertz CT molecular complexity index is 572. The Morgan fingerprint density at radius 2 is 2.11 bits per heavy atom. The molecule has 98 valence electrons. The van der Waals surface area contributed by atoms with Crippen LogP contribution in [0.3, 0.4) is 0 Å². The summed E-state index contributed by atoms with van der Waals surface area (Å²) in [5.41, 5.74) is 3.03. The first-order valence-electron chi connectivity index (χ1n) is 6.49. The van der Waals surface area contributed by atoms with Crippen molar-refractivity contribution < 1.29 is 8.42 Å². The van der Waals surface area contributed by atoms with Gasteiger partial charge in [0.25, 0.3) is 0 Å². The maximum Gasteiger partial charge on any atom is 0.200 e. The predicted octanol–water partition coefficient (Wildman–Crippen LogP) is 3.90. The van der Waals surface area contributed by atoms with Crippen LogP contribution in [-0.2, 0) is 9.84 Å². The van der Waals surface area contributed by atoms with E-state index in [0.29, 0.717) is 10.8 Å². The van der Waals surface area contributed by atoms with Crippen LogP contribution < -0.4 is 0 Å². The van der Waals surface area contributed by atoms with E-state index < -0.39 is 9.84 Å². The summed E-state index contributed by atoms with van der Waals surface area (Å²) in [7, 11) is -3.19. The summed E-state index contributed by atoms with van der Waals surface area (Å²) in [6, 6.07) is 0. The number of sulfone groups is 1. The van der Waals surface area contributed by atoms with Crippen LogP contribution in [0, 0.1) is 5.92 Å². The Morgan fingerprint density at radius 3 is 2.78 bits per heavy atom. The van der Waals surface area contributed by atoms with Crippen molar-refractivity contribution in [2.24, 2.45) is 5.92 Å². The van der Waals surface area contributed by atoms with Crippen molar-refractivity contribution in [2.75, 3.05) is 0 Å². The number of allylic oxidation sites excluding steroid dienone is 6. The fraction of sp³-hybridized carbons (Fsp3) is 0.467. The molecule has 0 aromatic carbocycles. The number of hydrogen-bond donors (Lipinski definition) is 0. The number of rotatable bonds is 3. The third kappa shape index (κ3) is 2.51. The highest BCUT2D eigenvalue weighted by atomic mass is 32.2. The summed E-state index contributed by atoms with van der Waals surface area (Å²) in [5.74, 6) is 0.485. The van der Waals surface area contributed by atoms with Gasteiger partial charge in [-0.2, -0.15) is 0 Å². The first-order chi connectivity index (χ1) is 8.44. The van der Waals surface area contributed by atoms with E-state index in [1.807, 2.05) is 19.1 Å². The molecule has 1 aliphatic carbocycles. The molecule has 0 bridgehead atoms. The van der Waals surface area contributed by atoms with Gasteiger partial charge in [0.1, 0.15) is 0 Å². The molecule has 2 aliphatic rings. The molecule has 0 N–H and O–H groups in total. The zero-order valence-corrected chi connectivity index (χ0v) is 12.0. The predicted molar refractivity (Wildman–Crippen MR) is 75.6 cm³/mol. The Kier molecular flexibility index (Phi) is 3.62. The van der Waals surface area contributed by atoms with Crippen molar-refractivity contribution in [1.29, 1.82) is 0 Å². The number of hydrogen-bond acceptors (Lipinski definition) is 2. The van der Waals surface area contributed by atoms with Gasteiger partial charge in [0, 0.05) is 5.41 Å². The van der Waals surface area contributed by atoms with Crippen molar-refractivity contribution in [2.45, 2.75) is 40.0 Å². The van der Waals surface area contributed by atoms with E-state index >= 15 is 0 Å². The maximum atomic E-state index is 12.1. The lowest BCUT2D eigenvalue weighted by molar-refractivity contribution is 0.611. The fourth-order valence-electron chi connectivity index (χ4n) is 2.21. The molecule has 18 heavy (non-hydrogen) atoms. The van der Waals surface area contributed by atoms with Gasteiger partial charge in [-0.25, -0.2) is 8.42 Å². The lowest BCUT2D eigenvalue weighted by Crippen LogP contribution is -2.01. The Balaban J connectivity index is 2.37. The highest BCUT2D eigenvalue weighted by Crippen LogP contribution is 2.38. The topological polar surface area (TPSA) is 34.1 Å². The van der Waals surface area contributed by atoms with E-state index in [9.17, 15) is 8.42 Å². The molecular weight excluding hydrogens is 244 g/mol. The molecule has 2 rings (SSSR count). The van der Waals surface area contributed by atoms with Crippen LogP contribution in [-0.4, -0.2) is 8.42 Å². The lowest BCUT2D eigenvalue weighted by atomic mass is 9.93. The normalized spacial score (nSPS) is 23.9. The summed E-state index contributed by atoms with van der Waals surface area (Å²) in [6.45, 7) is 6.26.